The Labute approximate surface area is 145 Å². The summed E-state index contributed by atoms with van der Waals surface area (Å²) in [7, 11) is 1.63. The minimum Gasteiger partial charge on any atom is -0.481 e. The number of halogens is 1. The summed E-state index contributed by atoms with van der Waals surface area (Å²) in [5, 5.41) is 10.2. The van der Waals surface area contributed by atoms with Crippen LogP contribution >= 0.6 is 11.6 Å². The molecule has 6 nitrogen and oxygen atoms in total. The molecular weight excluding hydrogens is 332 g/mol. The van der Waals surface area contributed by atoms with Gasteiger partial charge in [-0.25, -0.2) is 0 Å². The van der Waals surface area contributed by atoms with Gasteiger partial charge in [0.05, 0.1) is 17.2 Å². The summed E-state index contributed by atoms with van der Waals surface area (Å²) in [5.74, 6) is -1.10. The fourth-order valence-electron chi connectivity index (χ4n) is 3.82. The fourth-order valence-corrected chi connectivity index (χ4v) is 4.04. The number of aliphatic carboxylic acids is 1. The van der Waals surface area contributed by atoms with Crippen molar-refractivity contribution in [1.29, 1.82) is 0 Å². The van der Waals surface area contributed by atoms with Gasteiger partial charge in [0.15, 0.2) is 0 Å². The van der Waals surface area contributed by atoms with E-state index < -0.39 is 11.4 Å². The van der Waals surface area contributed by atoms with Crippen LogP contribution in [-0.4, -0.2) is 73.2 Å². The van der Waals surface area contributed by atoms with Crippen molar-refractivity contribution in [3.05, 3.63) is 34.9 Å². The monoisotopic (exact) mass is 352 g/mol. The highest BCUT2D eigenvalue weighted by atomic mass is 35.5. The maximum absolute atomic E-state index is 12.7. The van der Waals surface area contributed by atoms with E-state index >= 15 is 0 Å². The summed E-state index contributed by atoms with van der Waals surface area (Å²) >= 11 is 6.11. The number of benzene rings is 1. The molecule has 2 heterocycles. The van der Waals surface area contributed by atoms with Gasteiger partial charge >= 0.3 is 5.97 Å². The average molecular weight is 353 g/mol. The Hall–Kier alpha value is -1.63. The number of amides is 1. The highest BCUT2D eigenvalue weighted by Gasteiger charge is 2.58. The predicted molar refractivity (Wildman–Crippen MR) is 89.2 cm³/mol. The molecule has 0 aliphatic carbocycles. The standard InChI is InChI=1S/C17H21ClN2O4/c1-24-7-6-19-8-12-9-20(11-17(12,10-19)16(22)23)15(21)13-4-2-3-5-14(13)18/h2-5,12H,6-11H2,1H3,(H,22,23)/t12-,17-/m1/s1. The zero-order valence-electron chi connectivity index (χ0n) is 13.6. The van der Waals surface area contributed by atoms with Crippen molar-refractivity contribution in [3.8, 4) is 0 Å². The van der Waals surface area contributed by atoms with Gasteiger partial charge in [-0.2, -0.15) is 0 Å². The van der Waals surface area contributed by atoms with Crippen LogP contribution in [0.4, 0.5) is 0 Å². The van der Waals surface area contributed by atoms with E-state index in [1.165, 1.54) is 0 Å². The number of rotatable bonds is 5. The molecule has 0 aromatic heterocycles. The Morgan fingerprint density at radius 3 is 2.71 bits per heavy atom. The summed E-state index contributed by atoms with van der Waals surface area (Å²) < 4.78 is 5.08. The highest BCUT2D eigenvalue weighted by Crippen LogP contribution is 2.43. The van der Waals surface area contributed by atoms with Crippen LogP contribution in [0.25, 0.3) is 0 Å². The Morgan fingerprint density at radius 1 is 1.33 bits per heavy atom. The van der Waals surface area contributed by atoms with Crippen molar-refractivity contribution in [2.45, 2.75) is 0 Å². The number of carboxylic acids is 1. The second-order valence-electron chi connectivity index (χ2n) is 6.55. The first-order valence-corrected chi connectivity index (χ1v) is 8.34. The van der Waals surface area contributed by atoms with Crippen molar-refractivity contribution < 1.29 is 19.4 Å². The Bertz CT molecular complexity index is 653. The molecule has 1 aromatic carbocycles. The van der Waals surface area contributed by atoms with E-state index in [-0.39, 0.29) is 18.4 Å². The summed E-state index contributed by atoms with van der Waals surface area (Å²) in [5.41, 5.74) is -0.471. The number of hydrogen-bond acceptors (Lipinski definition) is 4. The first-order valence-electron chi connectivity index (χ1n) is 7.96. The summed E-state index contributed by atoms with van der Waals surface area (Å²) in [4.78, 5) is 28.4. The van der Waals surface area contributed by atoms with Crippen molar-refractivity contribution in [2.24, 2.45) is 11.3 Å². The van der Waals surface area contributed by atoms with E-state index in [0.29, 0.717) is 43.4 Å². The number of ether oxygens (including phenoxy) is 1. The zero-order valence-corrected chi connectivity index (χ0v) is 14.3. The van der Waals surface area contributed by atoms with Crippen molar-refractivity contribution in [3.63, 3.8) is 0 Å². The Kier molecular flexibility index (Phi) is 4.80. The molecule has 2 aliphatic rings. The molecule has 0 bridgehead atoms. The van der Waals surface area contributed by atoms with Crippen LogP contribution in [0.5, 0.6) is 0 Å². The molecule has 2 atom stereocenters. The first-order chi connectivity index (χ1) is 11.5. The summed E-state index contributed by atoms with van der Waals surface area (Å²) in [6, 6.07) is 6.88. The molecule has 2 saturated heterocycles. The molecule has 0 spiro atoms. The van der Waals surface area contributed by atoms with E-state index in [4.69, 9.17) is 16.3 Å². The number of methoxy groups -OCH3 is 1. The number of likely N-dealkylation sites (tertiary alicyclic amines) is 2. The van der Waals surface area contributed by atoms with E-state index in [0.717, 1.165) is 0 Å². The molecular formula is C17H21ClN2O4. The SMILES string of the molecule is COCCN1C[C@@H]2CN(C(=O)c3ccccc3Cl)C[C@]2(C(=O)O)C1. The summed E-state index contributed by atoms with van der Waals surface area (Å²) in [6.07, 6.45) is 0. The van der Waals surface area contributed by atoms with Crippen LogP contribution in [-0.2, 0) is 9.53 Å². The number of carboxylic acid groups (broad SMARTS) is 1. The van der Waals surface area contributed by atoms with Gasteiger partial charge in [0.25, 0.3) is 5.91 Å². The second kappa shape index (κ2) is 6.70. The second-order valence-corrected chi connectivity index (χ2v) is 6.96. The molecule has 1 amide bonds. The lowest BCUT2D eigenvalue weighted by Crippen LogP contribution is -2.42. The van der Waals surface area contributed by atoms with Gasteiger partial charge in [0, 0.05) is 45.8 Å². The molecule has 2 aliphatic heterocycles. The summed E-state index contributed by atoms with van der Waals surface area (Å²) in [6.45, 7) is 3.07. The molecule has 1 aromatic rings. The lowest BCUT2D eigenvalue weighted by Gasteiger charge is -2.25. The van der Waals surface area contributed by atoms with Gasteiger partial charge in [-0.1, -0.05) is 23.7 Å². The molecule has 0 saturated carbocycles. The lowest BCUT2D eigenvalue weighted by molar-refractivity contribution is -0.148. The minimum atomic E-state index is -0.898. The van der Waals surface area contributed by atoms with Gasteiger partial charge in [0.1, 0.15) is 5.41 Å². The topological polar surface area (TPSA) is 70.1 Å². The van der Waals surface area contributed by atoms with Crippen molar-refractivity contribution in [1.82, 2.24) is 9.80 Å². The normalized spacial score (nSPS) is 26.6. The zero-order chi connectivity index (χ0) is 17.3. The highest BCUT2D eigenvalue weighted by molar-refractivity contribution is 6.33. The van der Waals surface area contributed by atoms with Gasteiger partial charge in [-0.05, 0) is 12.1 Å². The van der Waals surface area contributed by atoms with Crippen LogP contribution in [0, 0.1) is 11.3 Å². The third-order valence-electron chi connectivity index (χ3n) is 5.11. The van der Waals surface area contributed by atoms with E-state index in [2.05, 4.69) is 4.90 Å². The largest absolute Gasteiger partial charge is 0.481 e. The van der Waals surface area contributed by atoms with Crippen molar-refractivity contribution in [2.75, 3.05) is 46.4 Å². The van der Waals surface area contributed by atoms with E-state index in [1.54, 1.807) is 36.3 Å². The molecule has 0 radical (unpaired) electrons. The van der Waals surface area contributed by atoms with Crippen LogP contribution < -0.4 is 0 Å². The number of carbonyl (C=O) groups is 2. The van der Waals surface area contributed by atoms with Gasteiger partial charge in [-0.3, -0.25) is 14.5 Å². The van der Waals surface area contributed by atoms with E-state index in [9.17, 15) is 14.7 Å². The number of fused-ring (bicyclic) bond motifs is 1. The first kappa shape index (κ1) is 17.2. The molecule has 130 valence electrons. The van der Waals surface area contributed by atoms with Crippen LogP contribution in [0.1, 0.15) is 10.4 Å². The molecule has 3 rings (SSSR count). The number of hydrogen-bond donors (Lipinski definition) is 1. The van der Waals surface area contributed by atoms with Crippen LogP contribution in [0.3, 0.4) is 0 Å². The van der Waals surface area contributed by atoms with Gasteiger partial charge in [-0.15, -0.1) is 0 Å². The molecule has 24 heavy (non-hydrogen) atoms. The quantitative estimate of drug-likeness (QED) is 0.868. The predicted octanol–water partition coefficient (Wildman–Crippen LogP) is 1.44. The van der Waals surface area contributed by atoms with Gasteiger partial charge < -0.3 is 14.7 Å². The maximum Gasteiger partial charge on any atom is 0.313 e. The Balaban J connectivity index is 1.77. The average Bonchev–Trinajstić information content (AvgIpc) is 3.07. The lowest BCUT2D eigenvalue weighted by atomic mass is 9.81. The molecule has 2 fully saturated rings. The molecule has 0 unspecified atom stereocenters. The van der Waals surface area contributed by atoms with Crippen LogP contribution in [0.15, 0.2) is 24.3 Å². The van der Waals surface area contributed by atoms with Crippen LogP contribution in [0.2, 0.25) is 5.02 Å². The van der Waals surface area contributed by atoms with Crippen molar-refractivity contribution >= 4 is 23.5 Å². The molecule has 1 N–H and O–H groups in total. The van der Waals surface area contributed by atoms with Gasteiger partial charge in [0.2, 0.25) is 0 Å². The molecule has 7 heteroatoms. The number of carbonyl (C=O) groups excluding carboxylic acids is 1. The number of nitrogens with zero attached hydrogens (tertiary/aromatic N) is 2. The smallest absolute Gasteiger partial charge is 0.313 e. The van der Waals surface area contributed by atoms with E-state index in [1.807, 2.05) is 0 Å². The Morgan fingerprint density at radius 2 is 2.08 bits per heavy atom. The fraction of sp³-hybridized carbons (Fsp3) is 0.529. The minimum absolute atomic E-state index is 0.0710. The maximum atomic E-state index is 12.7. The third-order valence-corrected chi connectivity index (χ3v) is 5.44. The third kappa shape index (κ3) is 2.90.